The van der Waals surface area contributed by atoms with E-state index in [0.29, 0.717) is 37.9 Å². The Morgan fingerprint density at radius 1 is 1.15 bits per heavy atom. The van der Waals surface area contributed by atoms with E-state index >= 15 is 0 Å². The molecule has 0 radical (unpaired) electrons. The minimum Gasteiger partial charge on any atom is -0.356 e. The number of aliphatic imine (C=N–C) groups is 1. The molecule has 0 saturated heterocycles. The van der Waals surface area contributed by atoms with Gasteiger partial charge in [0.25, 0.3) is 0 Å². The van der Waals surface area contributed by atoms with Gasteiger partial charge in [0.15, 0.2) is 5.96 Å². The summed E-state index contributed by atoms with van der Waals surface area (Å²) >= 11 is 1.64. The first-order valence-electron chi connectivity index (χ1n) is 8.78. The molecule has 2 aromatic rings. The van der Waals surface area contributed by atoms with E-state index in [9.17, 15) is 4.79 Å². The van der Waals surface area contributed by atoms with Crippen molar-refractivity contribution in [1.82, 2.24) is 20.9 Å². The zero-order valence-corrected chi connectivity index (χ0v) is 16.4. The molecule has 26 heavy (non-hydrogen) atoms. The Morgan fingerprint density at radius 3 is 2.58 bits per heavy atom. The van der Waals surface area contributed by atoms with Crippen LogP contribution in [0.25, 0.3) is 0 Å². The van der Waals surface area contributed by atoms with Crippen LogP contribution < -0.4 is 16.0 Å². The number of carbonyl (C=O) groups is 1. The van der Waals surface area contributed by atoms with Crippen molar-refractivity contribution in [3.8, 4) is 0 Å². The van der Waals surface area contributed by atoms with E-state index in [0.717, 1.165) is 16.3 Å². The molecule has 0 aliphatic rings. The largest absolute Gasteiger partial charge is 0.356 e. The molecule has 6 nitrogen and oxygen atoms in total. The van der Waals surface area contributed by atoms with E-state index in [1.54, 1.807) is 18.4 Å². The highest BCUT2D eigenvalue weighted by Crippen LogP contribution is 2.17. The first kappa shape index (κ1) is 19.9. The Morgan fingerprint density at radius 2 is 1.92 bits per heavy atom. The standard InChI is InChI=1S/C19H27N5OS/c1-14(2)16-13-26-18(24-16)12-23-19(20-3)21-10-9-17(25)22-11-15-7-5-4-6-8-15/h4-8,13-14H,9-12H2,1-3H3,(H,22,25)(H2,20,21,23). The Balaban J connectivity index is 1.65. The molecule has 1 amide bonds. The molecule has 7 heteroatoms. The number of aromatic nitrogens is 1. The molecular weight excluding hydrogens is 346 g/mol. The lowest BCUT2D eigenvalue weighted by Gasteiger charge is -2.11. The third-order valence-electron chi connectivity index (χ3n) is 3.77. The molecule has 1 heterocycles. The van der Waals surface area contributed by atoms with Gasteiger partial charge in [0, 0.05) is 31.9 Å². The lowest BCUT2D eigenvalue weighted by molar-refractivity contribution is -0.121. The maximum absolute atomic E-state index is 11.9. The Labute approximate surface area is 159 Å². The average molecular weight is 374 g/mol. The minimum absolute atomic E-state index is 0.0123. The fourth-order valence-corrected chi connectivity index (χ4v) is 3.13. The molecule has 0 unspecified atom stereocenters. The summed E-state index contributed by atoms with van der Waals surface area (Å²) in [6.07, 6.45) is 0.391. The molecule has 0 atom stereocenters. The van der Waals surface area contributed by atoms with E-state index in [4.69, 9.17) is 0 Å². The van der Waals surface area contributed by atoms with Crippen molar-refractivity contribution in [1.29, 1.82) is 0 Å². The number of thiazole rings is 1. The van der Waals surface area contributed by atoms with Gasteiger partial charge in [-0.2, -0.15) is 0 Å². The van der Waals surface area contributed by atoms with Gasteiger partial charge >= 0.3 is 0 Å². The van der Waals surface area contributed by atoms with Crippen molar-refractivity contribution in [2.75, 3.05) is 13.6 Å². The van der Waals surface area contributed by atoms with Gasteiger partial charge in [0.05, 0.1) is 12.2 Å². The van der Waals surface area contributed by atoms with Crippen molar-refractivity contribution in [3.05, 3.63) is 52.0 Å². The number of amides is 1. The molecule has 140 valence electrons. The van der Waals surface area contributed by atoms with Crippen LogP contribution in [0.15, 0.2) is 40.7 Å². The lowest BCUT2D eigenvalue weighted by Crippen LogP contribution is -2.38. The molecule has 1 aromatic carbocycles. The van der Waals surface area contributed by atoms with Crippen LogP contribution in [0, 0.1) is 0 Å². The van der Waals surface area contributed by atoms with Crippen molar-refractivity contribution in [3.63, 3.8) is 0 Å². The smallest absolute Gasteiger partial charge is 0.222 e. The molecule has 0 saturated carbocycles. The van der Waals surface area contributed by atoms with Crippen LogP contribution in [0.1, 0.15) is 42.5 Å². The molecule has 0 spiro atoms. The van der Waals surface area contributed by atoms with Gasteiger partial charge < -0.3 is 16.0 Å². The fourth-order valence-electron chi connectivity index (χ4n) is 2.23. The van der Waals surface area contributed by atoms with Gasteiger partial charge in [-0.15, -0.1) is 11.3 Å². The number of carbonyl (C=O) groups excluding carboxylic acids is 1. The highest BCUT2D eigenvalue weighted by atomic mass is 32.1. The summed E-state index contributed by atoms with van der Waals surface area (Å²) in [4.78, 5) is 20.7. The minimum atomic E-state index is 0.0123. The summed E-state index contributed by atoms with van der Waals surface area (Å²) in [5.74, 6) is 1.12. The molecule has 2 rings (SSSR count). The van der Waals surface area contributed by atoms with Crippen molar-refractivity contribution < 1.29 is 4.79 Å². The highest BCUT2D eigenvalue weighted by molar-refractivity contribution is 7.09. The van der Waals surface area contributed by atoms with Crippen LogP contribution in [0.4, 0.5) is 0 Å². The van der Waals surface area contributed by atoms with E-state index in [-0.39, 0.29) is 5.91 Å². The first-order chi connectivity index (χ1) is 12.6. The number of benzene rings is 1. The van der Waals surface area contributed by atoms with Gasteiger partial charge in [0.2, 0.25) is 5.91 Å². The summed E-state index contributed by atoms with van der Waals surface area (Å²) in [6.45, 7) is 5.97. The van der Waals surface area contributed by atoms with Crippen LogP contribution in [-0.4, -0.2) is 30.4 Å². The van der Waals surface area contributed by atoms with E-state index in [1.165, 1.54) is 0 Å². The second kappa shape index (κ2) is 10.6. The number of hydrogen-bond donors (Lipinski definition) is 3. The lowest BCUT2D eigenvalue weighted by atomic mass is 10.2. The maximum Gasteiger partial charge on any atom is 0.222 e. The van der Waals surface area contributed by atoms with Crippen LogP contribution in [0.2, 0.25) is 0 Å². The highest BCUT2D eigenvalue weighted by Gasteiger charge is 2.07. The second-order valence-electron chi connectivity index (χ2n) is 6.19. The number of nitrogens with zero attached hydrogens (tertiary/aromatic N) is 2. The molecule has 0 fully saturated rings. The Bertz CT molecular complexity index is 712. The quantitative estimate of drug-likeness (QED) is 0.491. The van der Waals surface area contributed by atoms with E-state index in [1.807, 2.05) is 30.3 Å². The van der Waals surface area contributed by atoms with Gasteiger partial charge in [-0.1, -0.05) is 44.2 Å². The zero-order valence-electron chi connectivity index (χ0n) is 15.6. The number of rotatable bonds is 8. The third-order valence-corrected chi connectivity index (χ3v) is 4.64. The summed E-state index contributed by atoms with van der Waals surface area (Å²) in [7, 11) is 1.71. The van der Waals surface area contributed by atoms with Gasteiger partial charge in [-0.3, -0.25) is 9.79 Å². The van der Waals surface area contributed by atoms with Crippen LogP contribution in [0.5, 0.6) is 0 Å². The summed E-state index contributed by atoms with van der Waals surface area (Å²) in [5.41, 5.74) is 2.21. The second-order valence-corrected chi connectivity index (χ2v) is 7.13. The first-order valence-corrected chi connectivity index (χ1v) is 9.66. The van der Waals surface area contributed by atoms with Crippen molar-refractivity contribution in [2.24, 2.45) is 4.99 Å². The van der Waals surface area contributed by atoms with Crippen molar-refractivity contribution >= 4 is 23.2 Å². The third kappa shape index (κ3) is 6.84. The van der Waals surface area contributed by atoms with Crippen LogP contribution >= 0.6 is 11.3 Å². The average Bonchev–Trinajstić information content (AvgIpc) is 3.13. The molecular formula is C19H27N5OS. The predicted octanol–water partition coefficient (Wildman–Crippen LogP) is 2.64. The molecule has 0 bridgehead atoms. The molecule has 0 aliphatic carbocycles. The molecule has 1 aromatic heterocycles. The van der Waals surface area contributed by atoms with Crippen molar-refractivity contribution in [2.45, 2.75) is 39.3 Å². The monoisotopic (exact) mass is 373 g/mol. The van der Waals surface area contributed by atoms with E-state index in [2.05, 4.69) is 45.2 Å². The SMILES string of the molecule is CN=C(NCCC(=O)NCc1ccccc1)NCc1nc(C(C)C)cs1. The summed E-state index contributed by atoms with van der Waals surface area (Å²) in [6, 6.07) is 9.88. The number of guanidine groups is 1. The maximum atomic E-state index is 11.9. The number of hydrogen-bond acceptors (Lipinski definition) is 4. The Hall–Kier alpha value is -2.41. The van der Waals surface area contributed by atoms with Gasteiger partial charge in [-0.25, -0.2) is 4.98 Å². The van der Waals surface area contributed by atoms with E-state index < -0.39 is 0 Å². The predicted molar refractivity (Wildman–Crippen MR) is 107 cm³/mol. The van der Waals surface area contributed by atoms with Gasteiger partial charge in [-0.05, 0) is 11.5 Å². The topological polar surface area (TPSA) is 78.4 Å². The summed E-state index contributed by atoms with van der Waals surface area (Å²) in [5, 5.41) is 12.4. The molecule has 0 aliphatic heterocycles. The Kier molecular flexibility index (Phi) is 8.08. The van der Waals surface area contributed by atoms with Gasteiger partial charge in [0.1, 0.15) is 5.01 Å². The number of nitrogens with one attached hydrogen (secondary N) is 3. The molecule has 3 N–H and O–H groups in total. The summed E-state index contributed by atoms with van der Waals surface area (Å²) < 4.78 is 0. The van der Waals surface area contributed by atoms with Crippen LogP contribution in [-0.2, 0) is 17.9 Å². The normalized spacial score (nSPS) is 11.5. The zero-order chi connectivity index (χ0) is 18.8. The fraction of sp³-hybridized carbons (Fsp3) is 0.421. The van der Waals surface area contributed by atoms with Crippen LogP contribution in [0.3, 0.4) is 0 Å².